The first-order valence-corrected chi connectivity index (χ1v) is 9.39. The van der Waals surface area contributed by atoms with Crippen molar-refractivity contribution in [2.75, 3.05) is 13.1 Å². The zero-order valence-corrected chi connectivity index (χ0v) is 13.5. The number of fused-ring (bicyclic) bond motifs is 1. The molecule has 1 saturated heterocycles. The first-order valence-electron chi connectivity index (χ1n) is 7.95. The molecule has 4 nitrogen and oxygen atoms in total. The van der Waals surface area contributed by atoms with Gasteiger partial charge in [-0.15, -0.1) is 0 Å². The van der Waals surface area contributed by atoms with E-state index in [1.807, 2.05) is 6.92 Å². The molecule has 5 heteroatoms. The van der Waals surface area contributed by atoms with E-state index in [1.165, 1.54) is 24.0 Å². The molecule has 0 radical (unpaired) electrons. The summed E-state index contributed by atoms with van der Waals surface area (Å²) in [6.07, 6.45) is 6.72. The van der Waals surface area contributed by atoms with Gasteiger partial charge in [0.25, 0.3) is 10.2 Å². The second kappa shape index (κ2) is 6.07. The summed E-state index contributed by atoms with van der Waals surface area (Å²) in [6, 6.07) is 6.25. The average Bonchev–Trinajstić information content (AvgIpc) is 3.01. The molecule has 0 saturated carbocycles. The summed E-state index contributed by atoms with van der Waals surface area (Å²) in [5.74, 6) is 0. The fourth-order valence-electron chi connectivity index (χ4n) is 3.32. The molecule has 1 atom stereocenters. The van der Waals surface area contributed by atoms with E-state index in [2.05, 4.69) is 22.9 Å². The third-order valence-electron chi connectivity index (χ3n) is 4.60. The topological polar surface area (TPSA) is 49.4 Å². The van der Waals surface area contributed by atoms with Gasteiger partial charge in [0, 0.05) is 19.1 Å². The van der Waals surface area contributed by atoms with Gasteiger partial charge in [0.1, 0.15) is 0 Å². The van der Waals surface area contributed by atoms with E-state index in [0.717, 1.165) is 31.2 Å². The molecule has 0 bridgehead atoms. The second-order valence-electron chi connectivity index (χ2n) is 6.19. The zero-order valence-electron chi connectivity index (χ0n) is 12.6. The van der Waals surface area contributed by atoms with Gasteiger partial charge in [-0.25, -0.2) is 0 Å². The van der Waals surface area contributed by atoms with Gasteiger partial charge in [0.15, 0.2) is 0 Å². The summed E-state index contributed by atoms with van der Waals surface area (Å²) in [7, 11) is -3.35. The van der Waals surface area contributed by atoms with Crippen LogP contribution in [0.1, 0.15) is 55.3 Å². The largest absolute Gasteiger partial charge is 0.279 e. The van der Waals surface area contributed by atoms with Crippen LogP contribution in [0.5, 0.6) is 0 Å². The van der Waals surface area contributed by atoms with Gasteiger partial charge in [-0.05, 0) is 62.1 Å². The van der Waals surface area contributed by atoms with Crippen molar-refractivity contribution in [1.29, 1.82) is 0 Å². The SMILES string of the molecule is CC(NS(=O)(=O)N1CCCC1)c1ccc2c(c1)CCCC2. The molecule has 1 aromatic rings. The van der Waals surface area contributed by atoms with Gasteiger partial charge in [-0.2, -0.15) is 17.4 Å². The lowest BCUT2D eigenvalue weighted by Gasteiger charge is -2.22. The Morgan fingerprint density at radius 2 is 1.71 bits per heavy atom. The van der Waals surface area contributed by atoms with E-state index in [0.29, 0.717) is 13.1 Å². The van der Waals surface area contributed by atoms with E-state index in [1.54, 1.807) is 4.31 Å². The molecule has 1 aromatic carbocycles. The van der Waals surface area contributed by atoms with Crippen molar-refractivity contribution < 1.29 is 8.42 Å². The zero-order chi connectivity index (χ0) is 14.9. The number of nitrogens with one attached hydrogen (secondary N) is 1. The summed E-state index contributed by atoms with van der Waals surface area (Å²) >= 11 is 0. The molecule has 3 rings (SSSR count). The minimum Gasteiger partial charge on any atom is -0.195 e. The molecule has 1 N–H and O–H groups in total. The van der Waals surface area contributed by atoms with Gasteiger partial charge in [-0.3, -0.25) is 0 Å². The van der Waals surface area contributed by atoms with Crippen molar-refractivity contribution in [3.63, 3.8) is 0 Å². The van der Waals surface area contributed by atoms with Crippen LogP contribution in [0.15, 0.2) is 18.2 Å². The molecule has 0 aromatic heterocycles. The fraction of sp³-hybridized carbons (Fsp3) is 0.625. The van der Waals surface area contributed by atoms with Crippen molar-refractivity contribution >= 4 is 10.2 Å². The first kappa shape index (κ1) is 15.0. The highest BCUT2D eigenvalue weighted by Crippen LogP contribution is 2.25. The maximum Gasteiger partial charge on any atom is 0.279 e. The predicted octanol–water partition coefficient (Wildman–Crippen LogP) is 2.56. The second-order valence-corrected chi connectivity index (χ2v) is 7.89. The third kappa shape index (κ3) is 3.30. The van der Waals surface area contributed by atoms with Crippen LogP contribution in [0.3, 0.4) is 0 Å². The number of nitrogens with zero attached hydrogens (tertiary/aromatic N) is 1. The Morgan fingerprint density at radius 1 is 1.05 bits per heavy atom. The van der Waals surface area contributed by atoms with Crippen molar-refractivity contribution in [3.8, 4) is 0 Å². The Balaban J connectivity index is 1.74. The van der Waals surface area contributed by atoms with Gasteiger partial charge < -0.3 is 0 Å². The Kier molecular flexibility index (Phi) is 4.33. The van der Waals surface area contributed by atoms with Crippen LogP contribution in [0, 0.1) is 0 Å². The summed E-state index contributed by atoms with van der Waals surface area (Å²) in [5, 5.41) is 0. The van der Waals surface area contributed by atoms with Gasteiger partial charge >= 0.3 is 0 Å². The maximum absolute atomic E-state index is 12.3. The highest BCUT2D eigenvalue weighted by molar-refractivity contribution is 7.87. The minimum absolute atomic E-state index is 0.178. The lowest BCUT2D eigenvalue weighted by Crippen LogP contribution is -2.40. The van der Waals surface area contributed by atoms with Crippen LogP contribution in [-0.2, 0) is 23.1 Å². The number of rotatable bonds is 4. The van der Waals surface area contributed by atoms with Crippen molar-refractivity contribution in [2.24, 2.45) is 0 Å². The molecular weight excluding hydrogens is 284 g/mol. The van der Waals surface area contributed by atoms with Crippen LogP contribution in [0.2, 0.25) is 0 Å². The maximum atomic E-state index is 12.3. The van der Waals surface area contributed by atoms with E-state index < -0.39 is 10.2 Å². The van der Waals surface area contributed by atoms with Crippen molar-refractivity contribution in [3.05, 3.63) is 34.9 Å². The molecule has 2 aliphatic rings. The molecule has 1 aliphatic heterocycles. The van der Waals surface area contributed by atoms with Crippen LogP contribution in [0.4, 0.5) is 0 Å². The van der Waals surface area contributed by atoms with Crippen LogP contribution >= 0.6 is 0 Å². The summed E-state index contributed by atoms with van der Waals surface area (Å²) in [5.41, 5.74) is 3.89. The van der Waals surface area contributed by atoms with E-state index in [4.69, 9.17) is 0 Å². The van der Waals surface area contributed by atoms with Gasteiger partial charge in [0.2, 0.25) is 0 Å². The Hall–Kier alpha value is -0.910. The summed E-state index contributed by atoms with van der Waals surface area (Å²) in [4.78, 5) is 0. The minimum atomic E-state index is -3.35. The molecule has 0 amide bonds. The van der Waals surface area contributed by atoms with Crippen molar-refractivity contribution in [1.82, 2.24) is 9.03 Å². The monoisotopic (exact) mass is 308 g/mol. The highest BCUT2D eigenvalue weighted by Gasteiger charge is 2.27. The Morgan fingerprint density at radius 3 is 2.43 bits per heavy atom. The van der Waals surface area contributed by atoms with E-state index in [-0.39, 0.29) is 6.04 Å². The summed E-state index contributed by atoms with van der Waals surface area (Å²) < 4.78 is 29.0. The van der Waals surface area contributed by atoms with Gasteiger partial charge in [0.05, 0.1) is 0 Å². The number of aryl methyl sites for hydroxylation is 2. The molecule has 1 unspecified atom stereocenters. The quantitative estimate of drug-likeness (QED) is 0.929. The normalized spacial score (nSPS) is 21.2. The first-order chi connectivity index (χ1) is 10.1. The third-order valence-corrected chi connectivity index (χ3v) is 6.30. The Bertz CT molecular complexity index is 607. The molecular formula is C16H24N2O2S. The molecule has 21 heavy (non-hydrogen) atoms. The number of benzene rings is 1. The molecule has 116 valence electrons. The number of hydrogen-bond acceptors (Lipinski definition) is 2. The van der Waals surface area contributed by atoms with Crippen molar-refractivity contribution in [2.45, 2.75) is 51.5 Å². The average molecular weight is 308 g/mol. The number of hydrogen-bond donors (Lipinski definition) is 1. The smallest absolute Gasteiger partial charge is 0.195 e. The van der Waals surface area contributed by atoms with E-state index >= 15 is 0 Å². The standard InChI is InChI=1S/C16H24N2O2S/c1-13(17-21(19,20)18-10-4-5-11-18)15-9-8-14-6-2-3-7-16(14)12-15/h8-9,12-13,17H,2-7,10-11H2,1H3. The fourth-order valence-corrected chi connectivity index (χ4v) is 4.79. The van der Waals surface area contributed by atoms with Gasteiger partial charge in [-0.1, -0.05) is 18.2 Å². The van der Waals surface area contributed by atoms with E-state index in [9.17, 15) is 8.42 Å². The summed E-state index contributed by atoms with van der Waals surface area (Å²) in [6.45, 7) is 3.22. The van der Waals surface area contributed by atoms with Crippen LogP contribution in [-0.4, -0.2) is 25.8 Å². The highest BCUT2D eigenvalue weighted by atomic mass is 32.2. The molecule has 1 fully saturated rings. The lowest BCUT2D eigenvalue weighted by atomic mass is 9.89. The molecule has 0 spiro atoms. The predicted molar refractivity (Wildman–Crippen MR) is 84.4 cm³/mol. The molecule has 1 heterocycles. The van der Waals surface area contributed by atoms with Crippen LogP contribution in [0.25, 0.3) is 0 Å². The Labute approximate surface area is 127 Å². The lowest BCUT2D eigenvalue weighted by molar-refractivity contribution is 0.457. The van der Waals surface area contributed by atoms with Crippen LogP contribution < -0.4 is 4.72 Å². The molecule has 1 aliphatic carbocycles.